The second kappa shape index (κ2) is 6.45. The number of ether oxygens (including phenoxy) is 1. The molecule has 2 N–H and O–H groups in total. The Hall–Kier alpha value is -0.745. The first-order valence-electron chi connectivity index (χ1n) is 9.06. The van der Waals surface area contributed by atoms with Gasteiger partial charge in [-0.2, -0.15) is 0 Å². The number of halogens is 1. The van der Waals surface area contributed by atoms with Crippen LogP contribution in [0, 0.1) is 17.3 Å². The summed E-state index contributed by atoms with van der Waals surface area (Å²) in [7, 11) is 1.36. The summed E-state index contributed by atoms with van der Waals surface area (Å²) in [6.45, 7) is 6.98. The van der Waals surface area contributed by atoms with Crippen LogP contribution >= 0.6 is 12.4 Å². The van der Waals surface area contributed by atoms with Crippen molar-refractivity contribution in [1.29, 1.82) is 0 Å². The van der Waals surface area contributed by atoms with Gasteiger partial charge in [-0.1, -0.05) is 26.0 Å². The largest absolute Gasteiger partial charge is 0.497 e. The van der Waals surface area contributed by atoms with E-state index < -0.39 is 0 Å². The van der Waals surface area contributed by atoms with Crippen LogP contribution < -0.4 is 10.5 Å². The molecule has 5 atom stereocenters. The zero-order valence-electron chi connectivity index (χ0n) is 15.5. The summed E-state index contributed by atoms with van der Waals surface area (Å²) in [6.07, 6.45) is 3.28. The summed E-state index contributed by atoms with van der Waals surface area (Å²) in [6, 6.07) is 8.05. The number of nitrogens with two attached hydrogens (primary N) is 1. The van der Waals surface area contributed by atoms with E-state index in [4.69, 9.17) is 19.8 Å². The molecule has 4 fully saturated rings. The standard InChI is InChI=1S/C19H28BNO3.ClH/c1-18(2)13-10-15(18)19(3)16(11-13)23-20(24-19)17(21)9-12-6-5-7-14(8-12)22-4;/h5-8,13,15-17H,9-11,21H2,1-4H3;1H/t13-,15-,16+,17-,19-;/m0./s1. The van der Waals surface area contributed by atoms with Gasteiger partial charge in [0.2, 0.25) is 0 Å². The number of hydrogen-bond acceptors (Lipinski definition) is 4. The molecule has 2 bridgehead atoms. The highest BCUT2D eigenvalue weighted by Crippen LogP contribution is 2.65. The van der Waals surface area contributed by atoms with Gasteiger partial charge >= 0.3 is 7.12 Å². The van der Waals surface area contributed by atoms with E-state index in [0.29, 0.717) is 11.3 Å². The van der Waals surface area contributed by atoms with Gasteiger partial charge in [0, 0.05) is 5.94 Å². The molecule has 3 aliphatic carbocycles. The fourth-order valence-corrected chi connectivity index (χ4v) is 5.25. The summed E-state index contributed by atoms with van der Waals surface area (Å²) in [5, 5.41) is 0. The van der Waals surface area contributed by atoms with Crippen molar-refractivity contribution in [3.8, 4) is 5.75 Å². The Morgan fingerprint density at radius 1 is 1.32 bits per heavy atom. The van der Waals surface area contributed by atoms with Crippen LogP contribution in [0.1, 0.15) is 39.2 Å². The predicted molar refractivity (Wildman–Crippen MR) is 102 cm³/mol. The number of methoxy groups -OCH3 is 1. The lowest BCUT2D eigenvalue weighted by atomic mass is 9.43. The molecule has 0 radical (unpaired) electrons. The van der Waals surface area contributed by atoms with Crippen LogP contribution in [0.3, 0.4) is 0 Å². The lowest BCUT2D eigenvalue weighted by molar-refractivity contribution is -0.199. The highest BCUT2D eigenvalue weighted by molar-refractivity contribution is 6.47. The molecule has 1 aliphatic heterocycles. The van der Waals surface area contributed by atoms with Crippen LogP contribution in [0.5, 0.6) is 5.75 Å². The summed E-state index contributed by atoms with van der Waals surface area (Å²) in [4.78, 5) is 0. The van der Waals surface area contributed by atoms with E-state index in [2.05, 4.69) is 26.8 Å². The molecule has 138 valence electrons. The minimum Gasteiger partial charge on any atom is -0.497 e. The van der Waals surface area contributed by atoms with Crippen molar-refractivity contribution >= 4 is 19.5 Å². The summed E-state index contributed by atoms with van der Waals surface area (Å²) >= 11 is 0. The van der Waals surface area contributed by atoms with E-state index in [-0.39, 0.29) is 37.2 Å². The SMILES string of the molecule is COc1cccc(C[C@H](N)B2O[C@@H]3C[C@@H]4C[C@@H](C4(C)C)[C@]3(C)O2)c1.Cl. The van der Waals surface area contributed by atoms with Crippen molar-refractivity contribution in [2.75, 3.05) is 7.11 Å². The second-order valence-electron chi connectivity index (χ2n) is 8.56. The van der Waals surface area contributed by atoms with Crippen LogP contribution in [0.25, 0.3) is 0 Å². The fraction of sp³-hybridized carbons (Fsp3) is 0.684. The average Bonchev–Trinajstić information content (AvgIpc) is 2.92. The minimum atomic E-state index is -0.318. The van der Waals surface area contributed by atoms with Gasteiger partial charge in [-0.25, -0.2) is 0 Å². The molecule has 0 amide bonds. The molecule has 5 rings (SSSR count). The Labute approximate surface area is 157 Å². The molecule has 1 saturated heterocycles. The molecule has 3 saturated carbocycles. The second-order valence-corrected chi connectivity index (χ2v) is 8.56. The first-order valence-corrected chi connectivity index (χ1v) is 9.06. The van der Waals surface area contributed by atoms with E-state index in [1.807, 2.05) is 18.2 Å². The third-order valence-electron chi connectivity index (χ3n) is 6.92. The lowest BCUT2D eigenvalue weighted by Crippen LogP contribution is -2.65. The van der Waals surface area contributed by atoms with Crippen molar-refractivity contribution in [3.05, 3.63) is 29.8 Å². The smallest absolute Gasteiger partial charge is 0.475 e. The molecule has 4 aliphatic rings. The van der Waals surface area contributed by atoms with Gasteiger partial charge in [0.1, 0.15) is 5.75 Å². The third kappa shape index (κ3) is 2.89. The molecule has 0 unspecified atom stereocenters. The summed E-state index contributed by atoms with van der Waals surface area (Å²) in [5.74, 6) is 2.02. The molecule has 1 heterocycles. The fourth-order valence-electron chi connectivity index (χ4n) is 5.25. The number of benzene rings is 1. The monoisotopic (exact) mass is 365 g/mol. The Morgan fingerprint density at radius 3 is 2.76 bits per heavy atom. The van der Waals surface area contributed by atoms with Crippen molar-refractivity contribution in [2.24, 2.45) is 23.0 Å². The summed E-state index contributed by atoms with van der Waals surface area (Å²) in [5.41, 5.74) is 7.78. The van der Waals surface area contributed by atoms with Crippen LogP contribution in [-0.4, -0.2) is 31.9 Å². The molecular formula is C19H29BClNO3. The minimum absolute atomic E-state index is 0. The first kappa shape index (κ1) is 19.0. The Kier molecular flexibility index (Phi) is 4.91. The van der Waals surface area contributed by atoms with Gasteiger partial charge in [-0.05, 0) is 61.1 Å². The molecule has 25 heavy (non-hydrogen) atoms. The zero-order valence-corrected chi connectivity index (χ0v) is 16.3. The quantitative estimate of drug-likeness (QED) is 0.832. The van der Waals surface area contributed by atoms with Crippen LogP contribution in [-0.2, 0) is 15.7 Å². The van der Waals surface area contributed by atoms with E-state index in [1.54, 1.807) is 7.11 Å². The van der Waals surface area contributed by atoms with Gasteiger partial charge in [0.05, 0.1) is 18.8 Å². The van der Waals surface area contributed by atoms with E-state index in [0.717, 1.165) is 30.1 Å². The molecule has 6 heteroatoms. The maximum absolute atomic E-state index is 6.45. The Balaban J connectivity index is 0.00000182. The van der Waals surface area contributed by atoms with Crippen molar-refractivity contribution in [1.82, 2.24) is 0 Å². The molecule has 1 aromatic rings. The van der Waals surface area contributed by atoms with Gasteiger partial charge in [0.25, 0.3) is 0 Å². The average molecular weight is 366 g/mol. The Bertz CT molecular complexity index is 643. The van der Waals surface area contributed by atoms with Crippen LogP contribution in [0.2, 0.25) is 0 Å². The van der Waals surface area contributed by atoms with Crippen molar-refractivity contribution in [2.45, 2.75) is 57.7 Å². The van der Waals surface area contributed by atoms with Gasteiger partial charge in [0.15, 0.2) is 0 Å². The zero-order chi connectivity index (χ0) is 17.1. The Morgan fingerprint density at radius 2 is 2.08 bits per heavy atom. The van der Waals surface area contributed by atoms with E-state index in [1.165, 1.54) is 6.42 Å². The number of hydrogen-bond donors (Lipinski definition) is 1. The maximum atomic E-state index is 6.45. The molecular weight excluding hydrogens is 336 g/mol. The molecule has 0 spiro atoms. The maximum Gasteiger partial charge on any atom is 0.475 e. The van der Waals surface area contributed by atoms with Crippen molar-refractivity contribution < 1.29 is 14.0 Å². The lowest BCUT2D eigenvalue weighted by Gasteiger charge is -2.64. The molecule has 1 aromatic carbocycles. The predicted octanol–water partition coefficient (Wildman–Crippen LogP) is 3.25. The van der Waals surface area contributed by atoms with E-state index >= 15 is 0 Å². The van der Waals surface area contributed by atoms with Gasteiger partial charge < -0.3 is 19.8 Å². The van der Waals surface area contributed by atoms with Crippen LogP contribution in [0.4, 0.5) is 0 Å². The summed E-state index contributed by atoms with van der Waals surface area (Å²) < 4.78 is 18.0. The van der Waals surface area contributed by atoms with Gasteiger partial charge in [-0.3, -0.25) is 0 Å². The molecule has 0 aromatic heterocycles. The van der Waals surface area contributed by atoms with Crippen molar-refractivity contribution in [3.63, 3.8) is 0 Å². The topological polar surface area (TPSA) is 53.7 Å². The van der Waals surface area contributed by atoms with Crippen LogP contribution in [0.15, 0.2) is 24.3 Å². The normalized spacial score (nSPS) is 36.0. The van der Waals surface area contributed by atoms with Gasteiger partial charge in [-0.15, -0.1) is 12.4 Å². The third-order valence-corrected chi connectivity index (χ3v) is 6.92. The highest BCUT2D eigenvalue weighted by atomic mass is 35.5. The molecule has 4 nitrogen and oxygen atoms in total. The number of rotatable bonds is 4. The van der Waals surface area contributed by atoms with E-state index in [9.17, 15) is 0 Å². The highest BCUT2D eigenvalue weighted by Gasteiger charge is 2.68. The first-order chi connectivity index (χ1) is 11.3.